The molecule has 0 radical (unpaired) electrons. The Balaban J connectivity index is 1.55. The molecule has 0 unspecified atom stereocenters. The Morgan fingerprint density at radius 3 is 2.61 bits per heavy atom. The molecular formula is C19H26N2O2. The number of carbonyl (C=O) groups is 1. The molecule has 3 heterocycles. The van der Waals surface area contributed by atoms with E-state index in [0.29, 0.717) is 18.1 Å². The first-order chi connectivity index (χ1) is 11.3. The molecule has 1 aromatic rings. The SMILES string of the molecule is O=C(c1ccccc1)N1C[C@H]2CCCO[C@H]2[C@@H](N2CCCC2)C1. The van der Waals surface area contributed by atoms with Gasteiger partial charge in [-0.1, -0.05) is 18.2 Å². The lowest BCUT2D eigenvalue weighted by Crippen LogP contribution is -2.61. The minimum atomic E-state index is 0.179. The summed E-state index contributed by atoms with van der Waals surface area (Å²) in [6, 6.07) is 10.1. The molecule has 3 fully saturated rings. The van der Waals surface area contributed by atoms with Gasteiger partial charge in [0.25, 0.3) is 5.91 Å². The van der Waals surface area contributed by atoms with Crippen LogP contribution in [0.3, 0.4) is 0 Å². The summed E-state index contributed by atoms with van der Waals surface area (Å²) in [6.07, 6.45) is 5.19. The highest BCUT2D eigenvalue weighted by Gasteiger charge is 2.43. The molecule has 23 heavy (non-hydrogen) atoms. The third-order valence-corrected chi connectivity index (χ3v) is 5.65. The lowest BCUT2D eigenvalue weighted by molar-refractivity contribution is -0.104. The summed E-state index contributed by atoms with van der Waals surface area (Å²) in [4.78, 5) is 17.5. The molecule has 0 N–H and O–H groups in total. The van der Waals surface area contributed by atoms with E-state index in [0.717, 1.165) is 44.8 Å². The van der Waals surface area contributed by atoms with Crippen LogP contribution >= 0.6 is 0 Å². The van der Waals surface area contributed by atoms with Crippen molar-refractivity contribution in [3.05, 3.63) is 35.9 Å². The second-order valence-electron chi connectivity index (χ2n) is 7.12. The third-order valence-electron chi connectivity index (χ3n) is 5.65. The summed E-state index contributed by atoms with van der Waals surface area (Å²) in [5.41, 5.74) is 0.808. The number of piperidine rings is 1. The fraction of sp³-hybridized carbons (Fsp3) is 0.632. The first-order valence-corrected chi connectivity index (χ1v) is 9.03. The van der Waals surface area contributed by atoms with Crippen LogP contribution in [0.2, 0.25) is 0 Å². The summed E-state index contributed by atoms with van der Waals surface area (Å²) in [6.45, 7) is 4.87. The summed E-state index contributed by atoms with van der Waals surface area (Å²) in [5.74, 6) is 0.676. The standard InChI is InChI=1S/C19H26N2O2/c22-19(15-7-2-1-3-8-15)21-13-16-9-6-12-23-18(16)17(14-21)20-10-4-5-11-20/h1-3,7-8,16-18H,4-6,9-14H2/t16-,17+,18-/m1/s1. The van der Waals surface area contributed by atoms with Crippen LogP contribution in [-0.4, -0.2) is 60.6 Å². The molecule has 0 aromatic heterocycles. The number of nitrogens with zero attached hydrogens (tertiary/aromatic N) is 2. The van der Waals surface area contributed by atoms with Crippen molar-refractivity contribution in [3.63, 3.8) is 0 Å². The van der Waals surface area contributed by atoms with Gasteiger partial charge in [0.2, 0.25) is 0 Å². The number of hydrogen-bond acceptors (Lipinski definition) is 3. The fourth-order valence-electron chi connectivity index (χ4n) is 4.50. The van der Waals surface area contributed by atoms with Crippen LogP contribution in [0.1, 0.15) is 36.0 Å². The lowest BCUT2D eigenvalue weighted by Gasteiger charge is -2.48. The van der Waals surface area contributed by atoms with Crippen LogP contribution < -0.4 is 0 Å². The van der Waals surface area contributed by atoms with Gasteiger partial charge in [0, 0.05) is 31.2 Å². The van der Waals surface area contributed by atoms with Crippen LogP contribution in [0, 0.1) is 5.92 Å². The van der Waals surface area contributed by atoms with Crippen molar-refractivity contribution in [2.24, 2.45) is 5.92 Å². The highest BCUT2D eigenvalue weighted by molar-refractivity contribution is 5.94. The van der Waals surface area contributed by atoms with Gasteiger partial charge in [0.05, 0.1) is 12.1 Å². The molecule has 3 aliphatic heterocycles. The van der Waals surface area contributed by atoms with Gasteiger partial charge < -0.3 is 9.64 Å². The van der Waals surface area contributed by atoms with Crippen molar-refractivity contribution in [3.8, 4) is 0 Å². The van der Waals surface area contributed by atoms with Gasteiger partial charge in [-0.25, -0.2) is 0 Å². The van der Waals surface area contributed by atoms with Gasteiger partial charge in [0.1, 0.15) is 0 Å². The van der Waals surface area contributed by atoms with Gasteiger partial charge >= 0.3 is 0 Å². The Bertz CT molecular complexity index is 542. The maximum atomic E-state index is 12.9. The molecule has 4 heteroatoms. The van der Waals surface area contributed by atoms with E-state index in [1.54, 1.807) is 0 Å². The molecule has 0 aliphatic carbocycles. The highest BCUT2D eigenvalue weighted by Crippen LogP contribution is 2.33. The highest BCUT2D eigenvalue weighted by atomic mass is 16.5. The zero-order valence-electron chi connectivity index (χ0n) is 13.7. The van der Waals surface area contributed by atoms with Crippen LogP contribution in [-0.2, 0) is 4.74 Å². The number of amides is 1. The van der Waals surface area contributed by atoms with Crippen molar-refractivity contribution in [2.45, 2.75) is 37.8 Å². The van der Waals surface area contributed by atoms with Gasteiger partial charge in [-0.2, -0.15) is 0 Å². The van der Waals surface area contributed by atoms with Gasteiger partial charge in [-0.15, -0.1) is 0 Å². The summed E-state index contributed by atoms with van der Waals surface area (Å²) < 4.78 is 6.16. The minimum absolute atomic E-state index is 0.179. The van der Waals surface area contributed by atoms with E-state index >= 15 is 0 Å². The number of rotatable bonds is 2. The first-order valence-electron chi connectivity index (χ1n) is 9.03. The van der Waals surface area contributed by atoms with E-state index in [2.05, 4.69) is 9.80 Å². The van der Waals surface area contributed by atoms with E-state index < -0.39 is 0 Å². The molecule has 0 bridgehead atoms. The predicted octanol–water partition coefficient (Wildman–Crippen LogP) is 2.40. The minimum Gasteiger partial charge on any atom is -0.376 e. The number of carbonyl (C=O) groups excluding carboxylic acids is 1. The maximum absolute atomic E-state index is 12.9. The number of benzene rings is 1. The molecule has 1 aromatic carbocycles. The molecule has 1 amide bonds. The smallest absolute Gasteiger partial charge is 0.253 e. The Morgan fingerprint density at radius 1 is 1.04 bits per heavy atom. The van der Waals surface area contributed by atoms with E-state index in [1.807, 2.05) is 30.3 Å². The predicted molar refractivity (Wildman–Crippen MR) is 89.4 cm³/mol. The Hall–Kier alpha value is -1.39. The Kier molecular flexibility index (Phi) is 4.36. The van der Waals surface area contributed by atoms with Crippen molar-refractivity contribution in [1.82, 2.24) is 9.80 Å². The molecular weight excluding hydrogens is 288 g/mol. The van der Waals surface area contributed by atoms with Crippen LogP contribution in [0.25, 0.3) is 0 Å². The Labute approximate surface area is 138 Å². The summed E-state index contributed by atoms with van der Waals surface area (Å²) >= 11 is 0. The zero-order chi connectivity index (χ0) is 15.6. The molecule has 124 valence electrons. The molecule has 3 saturated heterocycles. The summed E-state index contributed by atoms with van der Waals surface area (Å²) in [5, 5.41) is 0. The first kappa shape index (κ1) is 15.2. The van der Waals surface area contributed by atoms with Gasteiger partial charge in [-0.3, -0.25) is 9.69 Å². The normalized spacial score (nSPS) is 31.8. The maximum Gasteiger partial charge on any atom is 0.253 e. The number of hydrogen-bond donors (Lipinski definition) is 0. The average molecular weight is 314 g/mol. The molecule has 0 saturated carbocycles. The second-order valence-corrected chi connectivity index (χ2v) is 7.12. The Morgan fingerprint density at radius 2 is 1.83 bits per heavy atom. The van der Waals surface area contributed by atoms with E-state index in [4.69, 9.17) is 4.74 Å². The van der Waals surface area contributed by atoms with E-state index in [-0.39, 0.29) is 5.91 Å². The number of ether oxygens (including phenoxy) is 1. The van der Waals surface area contributed by atoms with Gasteiger partial charge in [0.15, 0.2) is 0 Å². The topological polar surface area (TPSA) is 32.8 Å². The molecule has 0 spiro atoms. The van der Waals surface area contributed by atoms with Crippen molar-refractivity contribution >= 4 is 5.91 Å². The lowest BCUT2D eigenvalue weighted by atomic mass is 9.84. The van der Waals surface area contributed by atoms with Crippen LogP contribution in [0.5, 0.6) is 0 Å². The van der Waals surface area contributed by atoms with Crippen molar-refractivity contribution in [2.75, 3.05) is 32.8 Å². The quantitative estimate of drug-likeness (QED) is 0.840. The summed E-state index contributed by atoms with van der Waals surface area (Å²) in [7, 11) is 0. The van der Waals surface area contributed by atoms with E-state index in [9.17, 15) is 4.79 Å². The third kappa shape index (κ3) is 3.02. The van der Waals surface area contributed by atoms with Crippen molar-refractivity contribution in [1.29, 1.82) is 0 Å². The van der Waals surface area contributed by atoms with Gasteiger partial charge in [-0.05, 0) is 50.9 Å². The fourth-order valence-corrected chi connectivity index (χ4v) is 4.50. The monoisotopic (exact) mass is 314 g/mol. The van der Waals surface area contributed by atoms with Crippen LogP contribution in [0.4, 0.5) is 0 Å². The van der Waals surface area contributed by atoms with E-state index in [1.165, 1.54) is 19.3 Å². The second kappa shape index (κ2) is 6.62. The average Bonchev–Trinajstić information content (AvgIpc) is 3.15. The molecule has 4 nitrogen and oxygen atoms in total. The zero-order valence-corrected chi connectivity index (χ0v) is 13.7. The van der Waals surface area contributed by atoms with Crippen molar-refractivity contribution < 1.29 is 9.53 Å². The van der Waals surface area contributed by atoms with Crippen LogP contribution in [0.15, 0.2) is 30.3 Å². The molecule has 3 atom stereocenters. The number of fused-ring (bicyclic) bond motifs is 1. The molecule has 4 rings (SSSR count). The number of likely N-dealkylation sites (tertiary alicyclic amines) is 2. The largest absolute Gasteiger partial charge is 0.376 e. The molecule has 3 aliphatic rings.